The molecule has 0 saturated heterocycles. The first-order chi connectivity index (χ1) is 16.5. The summed E-state index contributed by atoms with van der Waals surface area (Å²) in [6, 6.07) is 17.7. The molecule has 2 aliphatic rings. The van der Waals surface area contributed by atoms with Gasteiger partial charge in [-0.3, -0.25) is 0 Å². The summed E-state index contributed by atoms with van der Waals surface area (Å²) >= 11 is 3.95. The molecule has 1 aliphatic heterocycles. The first-order valence-corrected chi connectivity index (χ1v) is 14.3. The van der Waals surface area contributed by atoms with Crippen LogP contribution in [0.2, 0.25) is 0 Å². The molecule has 0 spiro atoms. The van der Waals surface area contributed by atoms with Gasteiger partial charge >= 0.3 is 0 Å². The first kappa shape index (κ1) is 23.5. The maximum Gasteiger partial charge on any atom is 0.0832 e. The highest BCUT2D eigenvalue weighted by atomic mass is 32.2. The molecule has 0 radical (unpaired) electrons. The van der Waals surface area contributed by atoms with Gasteiger partial charge in [0.2, 0.25) is 0 Å². The van der Waals surface area contributed by atoms with E-state index in [1.54, 1.807) is 0 Å². The van der Waals surface area contributed by atoms with E-state index in [2.05, 4.69) is 105 Å². The van der Waals surface area contributed by atoms with Crippen molar-refractivity contribution in [3.05, 3.63) is 88.3 Å². The molecule has 1 aliphatic carbocycles. The van der Waals surface area contributed by atoms with Crippen molar-refractivity contribution < 1.29 is 0 Å². The van der Waals surface area contributed by atoms with Crippen LogP contribution >= 0.6 is 23.1 Å². The minimum Gasteiger partial charge on any atom is -0.358 e. The third-order valence-electron chi connectivity index (χ3n) is 6.93. The van der Waals surface area contributed by atoms with E-state index in [1.165, 1.54) is 42.3 Å². The fraction of sp³-hybridized carbons (Fsp3) is 0.355. The van der Waals surface area contributed by atoms with Crippen LogP contribution in [-0.2, 0) is 6.42 Å². The summed E-state index contributed by atoms with van der Waals surface area (Å²) in [6.45, 7) is 10.4. The Hall–Kier alpha value is -2.23. The molecule has 0 bridgehead atoms. The van der Waals surface area contributed by atoms with E-state index in [1.807, 2.05) is 23.1 Å². The zero-order chi connectivity index (χ0) is 23.7. The van der Waals surface area contributed by atoms with Gasteiger partial charge in [0.1, 0.15) is 0 Å². The third kappa shape index (κ3) is 4.78. The predicted molar refractivity (Wildman–Crippen MR) is 153 cm³/mol. The monoisotopic (exact) mass is 485 g/mol. The van der Waals surface area contributed by atoms with Gasteiger partial charge in [-0.15, -0.1) is 11.3 Å². The number of hydrogen-bond acceptors (Lipinski definition) is 3. The lowest BCUT2D eigenvalue weighted by atomic mass is 9.75. The molecular formula is C31H35NS2. The Bertz CT molecular complexity index is 1270. The summed E-state index contributed by atoms with van der Waals surface area (Å²) < 4.78 is 1.40. The van der Waals surface area contributed by atoms with Gasteiger partial charge in [-0.2, -0.15) is 0 Å². The van der Waals surface area contributed by atoms with Crippen molar-refractivity contribution >= 4 is 44.9 Å². The number of thioether (sulfide) groups is 1. The van der Waals surface area contributed by atoms with E-state index in [0.717, 1.165) is 32.2 Å². The minimum atomic E-state index is 0.289. The molecule has 0 saturated carbocycles. The van der Waals surface area contributed by atoms with Crippen LogP contribution in [-0.4, -0.2) is 11.9 Å². The van der Waals surface area contributed by atoms with Crippen molar-refractivity contribution in [2.75, 3.05) is 11.4 Å². The lowest BCUT2D eigenvalue weighted by Gasteiger charge is -2.30. The molecule has 0 amide bonds. The molecule has 2 aromatic carbocycles. The van der Waals surface area contributed by atoms with Crippen LogP contribution < -0.4 is 4.90 Å². The fourth-order valence-corrected chi connectivity index (χ4v) is 8.15. The van der Waals surface area contributed by atoms with Crippen LogP contribution in [0.5, 0.6) is 0 Å². The first-order valence-electron chi connectivity index (χ1n) is 12.6. The number of anilines is 1. The number of aryl methyl sites for hydroxylation is 1. The summed E-state index contributed by atoms with van der Waals surface area (Å²) in [6.07, 6.45) is 14.2. The largest absolute Gasteiger partial charge is 0.358 e. The van der Waals surface area contributed by atoms with Crippen molar-refractivity contribution in [1.82, 2.24) is 0 Å². The number of rotatable bonds is 6. The Morgan fingerprint density at radius 2 is 1.82 bits per heavy atom. The average Bonchev–Trinajstić information content (AvgIpc) is 3.34. The number of benzene rings is 2. The molecular weight excluding hydrogens is 450 g/mol. The van der Waals surface area contributed by atoms with E-state index >= 15 is 0 Å². The van der Waals surface area contributed by atoms with E-state index in [9.17, 15) is 0 Å². The minimum absolute atomic E-state index is 0.289. The smallest absolute Gasteiger partial charge is 0.0832 e. The fourth-order valence-electron chi connectivity index (χ4n) is 5.52. The van der Waals surface area contributed by atoms with Crippen LogP contribution in [0.3, 0.4) is 0 Å². The van der Waals surface area contributed by atoms with Crippen molar-refractivity contribution in [1.29, 1.82) is 0 Å². The topological polar surface area (TPSA) is 3.24 Å². The maximum absolute atomic E-state index is 2.54. The van der Waals surface area contributed by atoms with E-state index in [4.69, 9.17) is 0 Å². The third-order valence-corrected chi connectivity index (χ3v) is 9.41. The number of hydrogen-bond donors (Lipinski definition) is 0. The molecule has 1 atom stereocenters. The van der Waals surface area contributed by atoms with E-state index < -0.39 is 0 Å². The number of nitrogens with zero attached hydrogens (tertiary/aromatic N) is 1. The van der Waals surface area contributed by atoms with Gasteiger partial charge in [0.05, 0.1) is 11.1 Å². The van der Waals surface area contributed by atoms with Crippen molar-refractivity contribution in [3.8, 4) is 0 Å². The van der Waals surface area contributed by atoms with E-state index in [0.29, 0.717) is 5.37 Å². The lowest BCUT2D eigenvalue weighted by Crippen LogP contribution is -2.28. The van der Waals surface area contributed by atoms with Gasteiger partial charge in [-0.1, -0.05) is 81.1 Å². The summed E-state index contributed by atoms with van der Waals surface area (Å²) in [5, 5.41) is 1.92. The molecule has 3 aromatic rings. The van der Waals surface area contributed by atoms with Gasteiger partial charge in [0.15, 0.2) is 0 Å². The van der Waals surface area contributed by atoms with Gasteiger partial charge < -0.3 is 4.90 Å². The second kappa shape index (κ2) is 9.79. The quantitative estimate of drug-likeness (QED) is 0.342. The Morgan fingerprint density at radius 1 is 1.03 bits per heavy atom. The van der Waals surface area contributed by atoms with Crippen LogP contribution in [0.25, 0.3) is 16.2 Å². The Kier molecular flexibility index (Phi) is 6.77. The molecule has 34 heavy (non-hydrogen) atoms. The number of fused-ring (bicyclic) bond motifs is 2. The van der Waals surface area contributed by atoms with E-state index in [-0.39, 0.29) is 5.41 Å². The molecule has 3 heteroatoms. The molecule has 1 aromatic heterocycles. The van der Waals surface area contributed by atoms with Gasteiger partial charge in [0.25, 0.3) is 0 Å². The molecule has 0 N–H and O–H groups in total. The second-order valence-corrected chi connectivity index (χ2v) is 12.5. The molecule has 0 fully saturated rings. The zero-order valence-electron chi connectivity index (χ0n) is 20.8. The summed E-state index contributed by atoms with van der Waals surface area (Å²) in [5.74, 6) is 0. The summed E-state index contributed by atoms with van der Waals surface area (Å²) in [5.41, 5.74) is 6.11. The molecule has 5 rings (SSSR count). The molecule has 1 unspecified atom stereocenters. The normalized spacial score (nSPS) is 20.9. The highest BCUT2D eigenvalue weighted by Crippen LogP contribution is 2.45. The van der Waals surface area contributed by atoms with Crippen molar-refractivity contribution in [2.24, 2.45) is 5.41 Å². The lowest BCUT2D eigenvalue weighted by molar-refractivity contribution is 0.356. The SMILES string of the molecule is CCc1c(C=C2C=C(/C=C/CC3Sc4ccccc4N3CC)CC(C)(C)C2)sc2ccccc12. The number of para-hydroxylation sites is 1. The van der Waals surface area contributed by atoms with Crippen LogP contribution in [0.1, 0.15) is 57.4 Å². The van der Waals surface area contributed by atoms with Gasteiger partial charge in [-0.05, 0) is 84.4 Å². The molecule has 1 nitrogen and oxygen atoms in total. The second-order valence-electron chi connectivity index (χ2n) is 10.2. The summed E-state index contributed by atoms with van der Waals surface area (Å²) in [4.78, 5) is 5.40. The van der Waals surface area contributed by atoms with Crippen molar-refractivity contribution in [3.63, 3.8) is 0 Å². The zero-order valence-corrected chi connectivity index (χ0v) is 22.4. The van der Waals surface area contributed by atoms with Crippen LogP contribution in [0.15, 0.2) is 82.8 Å². The highest BCUT2D eigenvalue weighted by Gasteiger charge is 2.28. The Balaban J connectivity index is 1.37. The van der Waals surface area contributed by atoms with Crippen LogP contribution in [0.4, 0.5) is 5.69 Å². The van der Waals surface area contributed by atoms with Crippen LogP contribution in [0, 0.1) is 5.41 Å². The Labute approximate surface area is 213 Å². The number of allylic oxidation sites excluding steroid dienone is 4. The van der Waals surface area contributed by atoms with Crippen molar-refractivity contribution in [2.45, 2.75) is 63.6 Å². The average molecular weight is 486 g/mol. The molecule has 176 valence electrons. The molecule has 2 heterocycles. The van der Waals surface area contributed by atoms with Gasteiger partial charge in [-0.25, -0.2) is 0 Å². The Morgan fingerprint density at radius 3 is 2.65 bits per heavy atom. The number of thiophene rings is 1. The van der Waals surface area contributed by atoms with Gasteiger partial charge in [0, 0.05) is 21.0 Å². The standard InChI is InChI=1S/C31H35NS2/c1-5-24-25-13-7-9-15-27(25)33-29(24)19-23-18-22(20-31(3,4)21-23)12-11-17-30-32(6-2)26-14-8-10-16-28(26)34-30/h7-16,18-19,30H,5-6,17,20-21H2,1-4H3/b12-11+,23-19?. The summed E-state index contributed by atoms with van der Waals surface area (Å²) in [7, 11) is 0. The predicted octanol–water partition coefficient (Wildman–Crippen LogP) is 9.50. The maximum atomic E-state index is 2.54. The highest BCUT2D eigenvalue weighted by molar-refractivity contribution is 8.00.